The zero-order valence-electron chi connectivity index (χ0n) is 19.5. The van der Waals surface area contributed by atoms with Crippen LogP contribution in [0, 0.1) is 0 Å². The third-order valence-corrected chi connectivity index (χ3v) is 6.89. The predicted octanol–water partition coefficient (Wildman–Crippen LogP) is 5.54. The molecule has 0 aliphatic rings. The van der Waals surface area contributed by atoms with E-state index < -0.39 is 15.9 Å². The Labute approximate surface area is 215 Å². The fraction of sp³-hybridized carbons (Fsp3) is 0.240. The smallest absolute Gasteiger partial charge is 0.252 e. The highest BCUT2D eigenvalue weighted by Gasteiger charge is 2.19. The quantitative estimate of drug-likeness (QED) is 0.373. The molecule has 3 rings (SSSR count). The number of carbonyl (C=O) groups is 1. The molecule has 0 heterocycles. The molecule has 0 saturated heterocycles. The van der Waals surface area contributed by atoms with E-state index in [-0.39, 0.29) is 32.2 Å². The lowest BCUT2D eigenvalue weighted by Crippen LogP contribution is -2.26. The Bertz CT molecular complexity index is 1330. The number of nitrogens with one attached hydrogen (secondary N) is 1. The largest absolute Gasteiger partial charge is 0.496 e. The Morgan fingerprint density at radius 2 is 1.74 bits per heavy atom. The maximum absolute atomic E-state index is 12.8. The molecule has 0 aromatic heterocycles. The second-order valence-corrected chi connectivity index (χ2v) is 10.4. The second-order valence-electron chi connectivity index (χ2n) is 8.09. The number of halogens is 2. The number of sulfonamides is 1. The van der Waals surface area contributed by atoms with E-state index in [4.69, 9.17) is 37.8 Å². The highest BCUT2D eigenvalue weighted by atomic mass is 35.5. The van der Waals surface area contributed by atoms with E-state index in [1.165, 1.54) is 18.2 Å². The van der Waals surface area contributed by atoms with Crippen LogP contribution in [-0.2, 0) is 16.4 Å². The maximum Gasteiger partial charge on any atom is 0.252 e. The van der Waals surface area contributed by atoms with Crippen molar-refractivity contribution in [3.05, 3.63) is 81.3 Å². The highest BCUT2D eigenvalue weighted by Crippen LogP contribution is 2.40. The van der Waals surface area contributed by atoms with Gasteiger partial charge in [0.15, 0.2) is 5.75 Å². The first-order valence-corrected chi connectivity index (χ1v) is 13.0. The summed E-state index contributed by atoms with van der Waals surface area (Å²) >= 11 is 12.8. The molecule has 1 amide bonds. The first kappa shape index (κ1) is 26.8. The summed E-state index contributed by atoms with van der Waals surface area (Å²) in [4.78, 5) is 12.8. The third-order valence-electron chi connectivity index (χ3n) is 5.29. The molecule has 186 valence electrons. The Morgan fingerprint density at radius 3 is 2.34 bits per heavy atom. The summed E-state index contributed by atoms with van der Waals surface area (Å²) in [7, 11) is -2.14. The second kappa shape index (κ2) is 11.3. The van der Waals surface area contributed by atoms with E-state index in [1.807, 2.05) is 19.9 Å². The van der Waals surface area contributed by atoms with Crippen molar-refractivity contribution in [1.29, 1.82) is 0 Å². The molecule has 0 aliphatic carbocycles. The molecule has 35 heavy (non-hydrogen) atoms. The average Bonchev–Trinajstić information content (AvgIpc) is 2.81. The van der Waals surface area contributed by atoms with Gasteiger partial charge in [-0.15, -0.1) is 0 Å². The summed E-state index contributed by atoms with van der Waals surface area (Å²) in [6.45, 7) is 4.39. The monoisotopic (exact) mass is 536 g/mol. The standard InChI is InChI=1S/C25H26Cl2N2O5S/c1-15(2)20-14-17(6-11-22(20)33-3)34-24-21(26)10-9-19(23(24)27)25(30)29-13-12-16-4-7-18(8-5-16)35(28,31)32/h4-11,14-15H,12-13H2,1-3H3,(H,29,30)(H2,28,31,32). The van der Waals surface area contributed by atoms with Crippen LogP contribution in [0.1, 0.15) is 41.3 Å². The Hall–Kier alpha value is -2.78. The summed E-state index contributed by atoms with van der Waals surface area (Å²) in [6.07, 6.45) is 0.481. The van der Waals surface area contributed by atoms with Crippen molar-refractivity contribution in [2.24, 2.45) is 5.14 Å². The van der Waals surface area contributed by atoms with Crippen LogP contribution in [0.4, 0.5) is 0 Å². The molecule has 3 aromatic carbocycles. The number of hydrogen-bond donors (Lipinski definition) is 2. The number of ether oxygens (including phenoxy) is 2. The van der Waals surface area contributed by atoms with Gasteiger partial charge in [-0.25, -0.2) is 13.6 Å². The molecular formula is C25H26Cl2N2O5S. The number of primary sulfonamides is 1. The van der Waals surface area contributed by atoms with Crippen LogP contribution in [0.15, 0.2) is 59.5 Å². The van der Waals surface area contributed by atoms with E-state index in [0.717, 1.165) is 16.9 Å². The van der Waals surface area contributed by atoms with Crippen molar-refractivity contribution in [3.8, 4) is 17.2 Å². The molecule has 3 aromatic rings. The van der Waals surface area contributed by atoms with Gasteiger partial charge in [0.05, 0.1) is 27.6 Å². The van der Waals surface area contributed by atoms with Gasteiger partial charge in [0.1, 0.15) is 11.5 Å². The summed E-state index contributed by atoms with van der Waals surface area (Å²) in [5, 5.41) is 8.27. The molecule has 0 fully saturated rings. The number of methoxy groups -OCH3 is 1. The normalized spacial score (nSPS) is 11.4. The fourth-order valence-electron chi connectivity index (χ4n) is 3.41. The van der Waals surface area contributed by atoms with Crippen molar-refractivity contribution in [3.63, 3.8) is 0 Å². The number of nitrogens with two attached hydrogens (primary N) is 1. The van der Waals surface area contributed by atoms with E-state index >= 15 is 0 Å². The number of carbonyl (C=O) groups excluding carboxylic acids is 1. The average molecular weight is 537 g/mol. The highest BCUT2D eigenvalue weighted by molar-refractivity contribution is 7.89. The Morgan fingerprint density at radius 1 is 1.06 bits per heavy atom. The molecule has 3 N–H and O–H groups in total. The predicted molar refractivity (Wildman–Crippen MR) is 137 cm³/mol. The van der Waals surface area contributed by atoms with Crippen LogP contribution in [0.5, 0.6) is 17.2 Å². The lowest BCUT2D eigenvalue weighted by atomic mass is 10.0. The third kappa shape index (κ3) is 6.67. The van der Waals surface area contributed by atoms with Crippen LogP contribution in [-0.4, -0.2) is 28.0 Å². The van der Waals surface area contributed by atoms with Gasteiger partial charge in [0.25, 0.3) is 5.91 Å². The molecule has 0 saturated carbocycles. The van der Waals surface area contributed by atoms with Crippen LogP contribution >= 0.6 is 23.2 Å². The van der Waals surface area contributed by atoms with E-state index in [2.05, 4.69) is 5.32 Å². The Balaban J connectivity index is 1.72. The fourth-order valence-corrected chi connectivity index (χ4v) is 4.46. The van der Waals surface area contributed by atoms with Crippen LogP contribution < -0.4 is 19.9 Å². The molecule has 0 aliphatic heterocycles. The summed E-state index contributed by atoms with van der Waals surface area (Å²) in [6, 6.07) is 14.6. The molecule has 7 nitrogen and oxygen atoms in total. The molecule has 0 spiro atoms. The van der Waals surface area contributed by atoms with Crippen LogP contribution in [0.2, 0.25) is 10.0 Å². The van der Waals surface area contributed by atoms with Gasteiger partial charge < -0.3 is 14.8 Å². The summed E-state index contributed by atoms with van der Waals surface area (Å²) in [5.41, 5.74) is 2.01. The molecule has 0 bridgehead atoms. The maximum atomic E-state index is 12.8. The van der Waals surface area contributed by atoms with Crippen LogP contribution in [0.25, 0.3) is 0 Å². The summed E-state index contributed by atoms with van der Waals surface area (Å²) < 4.78 is 34.1. The minimum atomic E-state index is -3.75. The zero-order valence-corrected chi connectivity index (χ0v) is 21.8. The van der Waals surface area contributed by atoms with Crippen molar-refractivity contribution in [2.75, 3.05) is 13.7 Å². The molecule has 10 heteroatoms. The lowest BCUT2D eigenvalue weighted by molar-refractivity contribution is 0.0954. The van der Waals surface area contributed by atoms with Gasteiger partial charge in [0, 0.05) is 12.1 Å². The molecule has 0 radical (unpaired) electrons. The first-order chi connectivity index (χ1) is 16.5. The molecule has 0 unspecified atom stereocenters. The van der Waals surface area contributed by atoms with E-state index in [0.29, 0.717) is 18.7 Å². The minimum Gasteiger partial charge on any atom is -0.496 e. The van der Waals surface area contributed by atoms with Crippen LogP contribution in [0.3, 0.4) is 0 Å². The van der Waals surface area contributed by atoms with Crippen molar-refractivity contribution >= 4 is 39.1 Å². The molecular weight excluding hydrogens is 511 g/mol. The van der Waals surface area contributed by atoms with Gasteiger partial charge in [-0.05, 0) is 60.4 Å². The SMILES string of the molecule is COc1ccc(Oc2c(Cl)ccc(C(=O)NCCc3ccc(S(N)(=O)=O)cc3)c2Cl)cc1C(C)C. The lowest BCUT2D eigenvalue weighted by Gasteiger charge is -2.16. The molecule has 0 atom stereocenters. The zero-order chi connectivity index (χ0) is 25.8. The summed E-state index contributed by atoms with van der Waals surface area (Å²) in [5.74, 6) is 1.25. The van der Waals surface area contributed by atoms with Crippen molar-refractivity contribution in [1.82, 2.24) is 5.32 Å². The van der Waals surface area contributed by atoms with Crippen molar-refractivity contribution in [2.45, 2.75) is 31.1 Å². The van der Waals surface area contributed by atoms with Gasteiger partial charge in [-0.2, -0.15) is 0 Å². The minimum absolute atomic E-state index is 0.0307. The van der Waals surface area contributed by atoms with Gasteiger partial charge in [0.2, 0.25) is 10.0 Å². The number of amides is 1. The van der Waals surface area contributed by atoms with Gasteiger partial charge >= 0.3 is 0 Å². The van der Waals surface area contributed by atoms with E-state index in [9.17, 15) is 13.2 Å². The van der Waals surface area contributed by atoms with Crippen molar-refractivity contribution < 1.29 is 22.7 Å². The topological polar surface area (TPSA) is 108 Å². The number of hydrogen-bond acceptors (Lipinski definition) is 5. The van der Waals surface area contributed by atoms with Gasteiger partial charge in [-0.1, -0.05) is 49.2 Å². The number of benzene rings is 3. The van der Waals surface area contributed by atoms with Gasteiger partial charge in [-0.3, -0.25) is 4.79 Å². The van der Waals surface area contributed by atoms with E-state index in [1.54, 1.807) is 37.4 Å². The first-order valence-electron chi connectivity index (χ1n) is 10.7. The number of rotatable bonds is 9. The Kier molecular flexibility index (Phi) is 8.66.